The maximum Gasteiger partial charge on any atom is 0.227 e. The van der Waals surface area contributed by atoms with Crippen molar-refractivity contribution in [3.63, 3.8) is 0 Å². The van der Waals surface area contributed by atoms with Crippen LogP contribution >= 0.6 is 0 Å². The van der Waals surface area contributed by atoms with Gasteiger partial charge in [0.1, 0.15) is 37.3 Å². The number of rotatable bonds is 11. The summed E-state index contributed by atoms with van der Waals surface area (Å²) in [6.07, 6.45) is 16.7. The first-order chi connectivity index (χ1) is 60.7. The quantitative estimate of drug-likeness (QED) is 0.114. The van der Waals surface area contributed by atoms with Crippen molar-refractivity contribution in [2.75, 3.05) is 43.4 Å². The zero-order valence-electron chi connectivity index (χ0n) is 79.1. The summed E-state index contributed by atoms with van der Waals surface area (Å²) in [4.78, 5) is 31.0. The highest BCUT2D eigenvalue weighted by molar-refractivity contribution is 6.12. The van der Waals surface area contributed by atoms with Crippen molar-refractivity contribution in [3.05, 3.63) is 311 Å². The van der Waals surface area contributed by atoms with Crippen molar-refractivity contribution < 1.29 is 26.3 Å². The van der Waals surface area contributed by atoms with Gasteiger partial charge in [-0.3, -0.25) is 0 Å². The minimum Gasteiger partial charge on any atom is -0.454 e. The predicted octanol–water partition coefficient (Wildman–Crippen LogP) is 27.4. The molecule has 0 fully saturated rings. The van der Waals surface area contributed by atoms with Gasteiger partial charge >= 0.3 is 0 Å². The fourth-order valence-corrected chi connectivity index (χ4v) is 18.1. The zero-order chi connectivity index (χ0) is 90.2. The van der Waals surface area contributed by atoms with E-state index in [1.807, 2.05) is 82.0 Å². The fourth-order valence-electron chi connectivity index (χ4n) is 18.1. The highest BCUT2D eigenvalue weighted by atomic mass is 16.4. The molecule has 4 aliphatic heterocycles. The average molecular weight is 1650 g/mol. The number of benzene rings is 8. The lowest BCUT2D eigenvalue weighted by Gasteiger charge is -2.34. The summed E-state index contributed by atoms with van der Waals surface area (Å²) in [6.45, 7) is 43.3. The summed E-state index contributed by atoms with van der Waals surface area (Å²) in [6, 6.07) is 66.1. The molecule has 16 aromatic rings. The smallest absolute Gasteiger partial charge is 0.227 e. The molecule has 4 atom stereocenters. The van der Waals surface area contributed by atoms with Crippen LogP contribution in [0.4, 0.5) is 34.1 Å². The Bertz CT molecular complexity index is 6950. The van der Waals surface area contributed by atoms with E-state index in [2.05, 4.69) is 357 Å². The van der Waals surface area contributed by atoms with Crippen LogP contribution in [0.15, 0.2) is 255 Å². The average Bonchev–Trinajstić information content (AvgIpc) is 1.57. The van der Waals surface area contributed by atoms with Gasteiger partial charge < -0.3 is 56.9 Å². The number of furan rings is 4. The number of fused-ring (bicyclic) bond motifs is 12. The molecule has 0 bridgehead atoms. The highest BCUT2D eigenvalue weighted by Gasteiger charge is 2.36. The molecule has 0 amide bonds. The number of aromatic nitrogens is 4. The number of hydrogen-bond donors (Lipinski definition) is 0. The van der Waals surface area contributed by atoms with Crippen LogP contribution in [0.5, 0.6) is 0 Å². The summed E-state index contributed by atoms with van der Waals surface area (Å²) >= 11 is 0. The van der Waals surface area contributed by atoms with Crippen LogP contribution in [-0.2, 0) is 7.05 Å². The SMILES string of the molecule is Cc1ccc2c(n1)oc1c(N3C=CN(C)[C@@H]3C)c(C)ccc12.Cc1ccc2c(n1)oc1c(N3C=CN(c4c(C(C)C)cccc4C(C)C)[C@@H]3C)c(C)ccc12.Cc1ccc2c(oc3ccccc32)c1N1C=CN(c2c(C(C)C)cccc2C(C)C)[C@@H]1C.Cc1ccccc1-c1cccc(C)[n+]1C.[2H]C([2H])([2H])N1C=CN(c2c(C)ccc3c2oc2nc(C)ccc23)[C@H]1C. The molecule has 20 rings (SSSR count). The molecule has 0 unspecified atom stereocenters. The second-order valence-corrected chi connectivity index (χ2v) is 35.1. The summed E-state index contributed by atoms with van der Waals surface area (Å²) in [5.41, 5.74) is 31.6. The van der Waals surface area contributed by atoms with E-state index in [0.29, 0.717) is 40.8 Å². The van der Waals surface area contributed by atoms with Gasteiger partial charge in [0.25, 0.3) is 0 Å². The molecular formula is C108H119N12O4+. The molecular weight excluding hydrogens is 1530 g/mol. The molecule has 0 aliphatic carbocycles. The van der Waals surface area contributed by atoms with Crippen molar-refractivity contribution in [2.24, 2.45) is 7.05 Å². The van der Waals surface area contributed by atoms with Crippen LogP contribution in [0.1, 0.15) is 184 Å². The number of nitrogens with zero attached hydrogens (tertiary/aromatic N) is 12. The van der Waals surface area contributed by atoms with E-state index in [1.165, 1.54) is 88.5 Å². The van der Waals surface area contributed by atoms with Crippen LogP contribution in [0.2, 0.25) is 0 Å². The van der Waals surface area contributed by atoms with Crippen LogP contribution in [0.3, 0.4) is 0 Å². The monoisotopic (exact) mass is 1650 g/mol. The fraction of sp³-hybridized carbons (Fsp3) is 0.296. The maximum absolute atomic E-state index is 7.69. The van der Waals surface area contributed by atoms with Gasteiger partial charge in [-0.15, -0.1) is 0 Å². The number of anilines is 6. The molecule has 0 N–H and O–H groups in total. The second kappa shape index (κ2) is 34.3. The predicted molar refractivity (Wildman–Crippen MR) is 518 cm³/mol. The number of aryl methyl sites for hydroxylation is 9. The molecule has 0 radical (unpaired) electrons. The van der Waals surface area contributed by atoms with Gasteiger partial charge in [-0.25, -0.2) is 15.0 Å². The molecule has 8 aromatic carbocycles. The van der Waals surface area contributed by atoms with Gasteiger partial charge in [0.05, 0.1) is 22.7 Å². The van der Waals surface area contributed by atoms with Crippen molar-refractivity contribution in [3.8, 4) is 11.3 Å². The molecule has 0 spiro atoms. The molecule has 634 valence electrons. The summed E-state index contributed by atoms with van der Waals surface area (Å²) in [5.74, 6) is 1.81. The first kappa shape index (κ1) is 80.6. The standard InChI is InChI=1S/C29H33N3O.C29H32N2O.2C18H19N3O.C14H16N/c1-17(2)22-9-8-10-23(18(3)4)27(22)32-16-15-31(21(32)7)26-19(5)11-13-24-25-14-12-20(6)30-29(25)33-28(24)26;1-18(2)22-11-9-12-23(19(3)4)28(22)31-17-16-30(21(31)6)27-20(5)14-15-25-24-10-7-8-13-26(24)32-29(25)27;2*1-11-5-7-14-15-8-6-12(2)19-18(15)22-17(14)16(11)21-10-9-20(4)13(21)3;1-11-7-4-5-9-13(11)14-10-6-8-12(2)15(14)3/h8-18,21H,1-7H3;7-19,21H,1-6H3;2*5-10,13H,1-4H3;4-10H,1-3H3/q;;;;+1/t2*21-;2*13-;/m1100./s1/i;;4D3;;. The number of para-hydroxylation sites is 3. The Labute approximate surface area is 735 Å². The second-order valence-electron chi connectivity index (χ2n) is 35.1. The van der Waals surface area contributed by atoms with Crippen molar-refractivity contribution in [1.29, 1.82) is 0 Å². The Kier molecular flexibility index (Phi) is 22.3. The Hall–Kier alpha value is -13.1. The van der Waals surface area contributed by atoms with Gasteiger partial charge in [0, 0.05) is 164 Å². The lowest BCUT2D eigenvalue weighted by atomic mass is 9.92. The lowest BCUT2D eigenvalue weighted by molar-refractivity contribution is -0.666. The zero-order valence-corrected chi connectivity index (χ0v) is 76.1. The maximum atomic E-state index is 7.69. The Morgan fingerprint density at radius 2 is 0.629 bits per heavy atom. The molecule has 16 heteroatoms. The topological polar surface area (TPSA) is 121 Å². The Morgan fingerprint density at radius 3 is 1.00 bits per heavy atom. The molecule has 12 heterocycles. The third kappa shape index (κ3) is 15.5. The van der Waals surface area contributed by atoms with Crippen LogP contribution in [0.25, 0.3) is 99.4 Å². The van der Waals surface area contributed by atoms with Crippen molar-refractivity contribution in [2.45, 2.75) is 194 Å². The van der Waals surface area contributed by atoms with Crippen LogP contribution in [0, 0.1) is 62.3 Å². The third-order valence-corrected chi connectivity index (χ3v) is 25.4. The van der Waals surface area contributed by atoms with E-state index < -0.39 is 6.98 Å². The first-order valence-electron chi connectivity index (χ1n) is 45.2. The van der Waals surface area contributed by atoms with Gasteiger partial charge in [-0.2, -0.15) is 4.57 Å². The van der Waals surface area contributed by atoms with Gasteiger partial charge in [0.2, 0.25) is 22.8 Å². The van der Waals surface area contributed by atoms with Crippen LogP contribution in [-0.4, -0.2) is 63.4 Å². The first-order valence-corrected chi connectivity index (χ1v) is 43.7. The van der Waals surface area contributed by atoms with E-state index in [0.717, 1.165) is 106 Å². The summed E-state index contributed by atoms with van der Waals surface area (Å²) < 4.78 is 50.3. The summed E-state index contributed by atoms with van der Waals surface area (Å²) in [5, 5.41) is 8.67. The van der Waals surface area contributed by atoms with E-state index in [-0.39, 0.29) is 24.7 Å². The largest absolute Gasteiger partial charge is 0.454 e. The van der Waals surface area contributed by atoms with Crippen LogP contribution < -0.4 is 34.0 Å². The molecule has 124 heavy (non-hydrogen) atoms. The number of hydrogen-bond acceptors (Lipinski definition) is 15. The lowest BCUT2D eigenvalue weighted by Crippen LogP contribution is -2.37. The van der Waals surface area contributed by atoms with Gasteiger partial charge in [0.15, 0.2) is 28.0 Å². The number of pyridine rings is 4. The van der Waals surface area contributed by atoms with Gasteiger partial charge in [-0.1, -0.05) is 177 Å². The molecule has 4 aliphatic rings. The minimum absolute atomic E-state index is 0.120. The third-order valence-electron chi connectivity index (χ3n) is 25.4. The molecule has 8 aromatic heterocycles. The van der Waals surface area contributed by atoms with Crippen molar-refractivity contribution >= 4 is 122 Å². The molecule has 0 saturated heterocycles. The Balaban J connectivity index is 0.000000119. The van der Waals surface area contributed by atoms with E-state index >= 15 is 0 Å². The molecule has 16 nitrogen and oxygen atoms in total. The highest BCUT2D eigenvalue weighted by Crippen LogP contribution is 2.48. The van der Waals surface area contributed by atoms with E-state index in [1.54, 1.807) is 12.4 Å². The van der Waals surface area contributed by atoms with E-state index in [4.69, 9.17) is 21.8 Å². The normalized spacial score (nSPS) is 16.7. The van der Waals surface area contributed by atoms with Crippen molar-refractivity contribution in [1.82, 2.24) is 24.8 Å². The minimum atomic E-state index is -2.18. The molecule has 0 saturated carbocycles. The Morgan fingerprint density at radius 1 is 0.306 bits per heavy atom. The van der Waals surface area contributed by atoms with Gasteiger partial charge in [-0.05, 0) is 211 Å². The summed E-state index contributed by atoms with van der Waals surface area (Å²) in [7, 11) is 4.19. The van der Waals surface area contributed by atoms with E-state index in [9.17, 15) is 0 Å².